The van der Waals surface area contributed by atoms with Gasteiger partial charge in [-0.05, 0) is 18.8 Å². The lowest BCUT2D eigenvalue weighted by Gasteiger charge is -2.26. The van der Waals surface area contributed by atoms with Gasteiger partial charge in [0, 0.05) is 0 Å². The third-order valence-electron chi connectivity index (χ3n) is 2.85. The predicted octanol–water partition coefficient (Wildman–Crippen LogP) is 3.31. The Balaban J connectivity index is 4.64. The van der Waals surface area contributed by atoms with Crippen molar-refractivity contribution >= 4 is 23.5 Å². The Morgan fingerprint density at radius 3 is 1.63 bits per heavy atom. The van der Waals surface area contributed by atoms with E-state index in [9.17, 15) is 9.59 Å². The van der Waals surface area contributed by atoms with Crippen LogP contribution in [0, 0.1) is 5.92 Å². The summed E-state index contributed by atoms with van der Waals surface area (Å²) in [5.74, 6) is -1.81. The van der Waals surface area contributed by atoms with Gasteiger partial charge in [-0.1, -0.05) is 52.1 Å². The molecule has 4 nitrogen and oxygen atoms in total. The largest absolute Gasteiger partial charge is 0.464 e. The van der Waals surface area contributed by atoms with Crippen molar-refractivity contribution in [2.24, 2.45) is 5.92 Å². The van der Waals surface area contributed by atoms with Gasteiger partial charge in [0.1, 0.15) is 0 Å². The summed E-state index contributed by atoms with van der Waals surface area (Å²) in [6.07, 6.45) is 3.32. The second kappa shape index (κ2) is 9.18. The second-order valence-corrected chi connectivity index (χ2v) is 5.44. The molecule has 0 saturated heterocycles. The summed E-state index contributed by atoms with van der Waals surface area (Å²) in [6, 6.07) is 0. The van der Waals surface area contributed by atoms with E-state index < -0.39 is 22.7 Å². The van der Waals surface area contributed by atoms with Crippen molar-refractivity contribution in [2.75, 3.05) is 13.2 Å². The lowest BCUT2D eigenvalue weighted by Crippen LogP contribution is -2.48. The van der Waals surface area contributed by atoms with Crippen LogP contribution in [0.15, 0.2) is 0 Å². The molecular weight excluding hydrogens is 268 g/mol. The summed E-state index contributed by atoms with van der Waals surface area (Å²) in [4.78, 5) is 22.3. The molecule has 0 atom stereocenters. The van der Waals surface area contributed by atoms with Crippen LogP contribution in [0.4, 0.5) is 0 Å². The molecule has 0 unspecified atom stereocenters. The van der Waals surface area contributed by atoms with Crippen molar-refractivity contribution in [3.8, 4) is 0 Å². The van der Waals surface area contributed by atoms with E-state index in [0.717, 1.165) is 25.7 Å². The minimum absolute atomic E-state index is 0.277. The predicted molar refractivity (Wildman–Crippen MR) is 75.2 cm³/mol. The number of esters is 2. The Morgan fingerprint density at radius 1 is 1.00 bits per heavy atom. The molecule has 19 heavy (non-hydrogen) atoms. The SMILES string of the molecule is CCCCOC(=O)C(Cl)(C(=O)OCCCC)C(C)C. The molecule has 112 valence electrons. The topological polar surface area (TPSA) is 52.6 Å². The van der Waals surface area contributed by atoms with E-state index in [1.807, 2.05) is 13.8 Å². The molecule has 0 aromatic rings. The first kappa shape index (κ1) is 18.2. The molecule has 0 amide bonds. The summed E-state index contributed by atoms with van der Waals surface area (Å²) >= 11 is 6.18. The molecule has 0 N–H and O–H groups in total. The van der Waals surface area contributed by atoms with Gasteiger partial charge in [-0.15, -0.1) is 0 Å². The normalized spacial score (nSPS) is 11.5. The van der Waals surface area contributed by atoms with Crippen LogP contribution in [0.25, 0.3) is 0 Å². The summed E-state index contributed by atoms with van der Waals surface area (Å²) in [5, 5.41) is 0. The van der Waals surface area contributed by atoms with E-state index in [-0.39, 0.29) is 13.2 Å². The maximum absolute atomic E-state index is 12.0. The van der Waals surface area contributed by atoms with Crippen molar-refractivity contribution in [2.45, 2.75) is 58.3 Å². The van der Waals surface area contributed by atoms with E-state index in [1.165, 1.54) is 0 Å². The van der Waals surface area contributed by atoms with Gasteiger partial charge in [0.25, 0.3) is 0 Å². The molecular formula is C14H25ClO4. The average molecular weight is 293 g/mol. The molecule has 0 aliphatic rings. The molecule has 0 spiro atoms. The number of unbranched alkanes of at least 4 members (excludes halogenated alkanes) is 2. The van der Waals surface area contributed by atoms with Gasteiger partial charge in [0.15, 0.2) is 0 Å². The van der Waals surface area contributed by atoms with Crippen molar-refractivity contribution in [3.63, 3.8) is 0 Å². The zero-order valence-corrected chi connectivity index (χ0v) is 13.1. The third kappa shape index (κ3) is 5.39. The Bertz CT molecular complexity index is 267. The zero-order chi connectivity index (χ0) is 14.9. The van der Waals surface area contributed by atoms with Crippen LogP contribution in [0.2, 0.25) is 0 Å². The molecule has 0 bridgehead atoms. The van der Waals surface area contributed by atoms with E-state index in [4.69, 9.17) is 21.1 Å². The Kier molecular flexibility index (Phi) is 8.81. The standard InChI is InChI=1S/C14H25ClO4/c1-5-7-9-18-12(16)14(15,11(3)4)13(17)19-10-8-6-2/h11H,5-10H2,1-4H3. The van der Waals surface area contributed by atoms with Gasteiger partial charge in [-0.25, -0.2) is 9.59 Å². The first-order valence-corrected chi connectivity index (χ1v) is 7.32. The Labute approximate surface area is 120 Å². The fourth-order valence-electron chi connectivity index (χ4n) is 1.38. The molecule has 0 heterocycles. The van der Waals surface area contributed by atoms with Crippen molar-refractivity contribution in [3.05, 3.63) is 0 Å². The highest BCUT2D eigenvalue weighted by Crippen LogP contribution is 2.29. The minimum Gasteiger partial charge on any atom is -0.464 e. The summed E-state index contributed by atoms with van der Waals surface area (Å²) in [6.45, 7) is 7.94. The number of hydrogen-bond donors (Lipinski definition) is 0. The van der Waals surface area contributed by atoms with Gasteiger partial charge in [0.2, 0.25) is 4.87 Å². The van der Waals surface area contributed by atoms with Crippen LogP contribution in [0.3, 0.4) is 0 Å². The van der Waals surface area contributed by atoms with Crippen LogP contribution in [0.5, 0.6) is 0 Å². The number of carbonyl (C=O) groups is 2. The molecule has 0 aromatic heterocycles. The van der Waals surface area contributed by atoms with Crippen LogP contribution >= 0.6 is 11.6 Å². The second-order valence-electron chi connectivity index (χ2n) is 4.85. The van der Waals surface area contributed by atoms with Gasteiger partial charge in [0.05, 0.1) is 13.2 Å². The molecule has 5 heteroatoms. The molecule has 0 aromatic carbocycles. The van der Waals surface area contributed by atoms with Crippen molar-refractivity contribution in [1.29, 1.82) is 0 Å². The fraction of sp³-hybridized carbons (Fsp3) is 0.857. The van der Waals surface area contributed by atoms with E-state index in [2.05, 4.69) is 0 Å². The maximum Gasteiger partial charge on any atom is 0.339 e. The highest BCUT2D eigenvalue weighted by molar-refractivity contribution is 6.44. The van der Waals surface area contributed by atoms with E-state index in [1.54, 1.807) is 13.8 Å². The molecule has 0 saturated carbocycles. The summed E-state index contributed by atoms with van der Waals surface area (Å²) < 4.78 is 10.1. The first-order valence-electron chi connectivity index (χ1n) is 6.94. The minimum atomic E-state index is -1.73. The zero-order valence-electron chi connectivity index (χ0n) is 12.3. The highest BCUT2D eigenvalue weighted by atomic mass is 35.5. The number of ether oxygens (including phenoxy) is 2. The van der Waals surface area contributed by atoms with Crippen LogP contribution in [-0.2, 0) is 19.1 Å². The van der Waals surface area contributed by atoms with Gasteiger partial charge in [-0.3, -0.25) is 0 Å². The first-order chi connectivity index (χ1) is 8.91. The Hall–Kier alpha value is -0.770. The van der Waals surface area contributed by atoms with E-state index in [0.29, 0.717) is 0 Å². The molecule has 0 aliphatic carbocycles. The lowest BCUT2D eigenvalue weighted by atomic mass is 9.95. The number of carbonyl (C=O) groups excluding carboxylic acids is 2. The van der Waals surface area contributed by atoms with Gasteiger partial charge in [-0.2, -0.15) is 0 Å². The fourth-order valence-corrected chi connectivity index (χ4v) is 1.49. The molecule has 0 radical (unpaired) electrons. The number of hydrogen-bond acceptors (Lipinski definition) is 4. The van der Waals surface area contributed by atoms with Crippen molar-refractivity contribution in [1.82, 2.24) is 0 Å². The summed E-state index contributed by atoms with van der Waals surface area (Å²) in [5.41, 5.74) is 0. The molecule has 0 rings (SSSR count). The molecule has 0 fully saturated rings. The lowest BCUT2D eigenvalue weighted by molar-refractivity contribution is -0.161. The average Bonchev–Trinajstić information content (AvgIpc) is 2.37. The number of rotatable bonds is 9. The van der Waals surface area contributed by atoms with Crippen molar-refractivity contribution < 1.29 is 19.1 Å². The number of halogens is 1. The monoisotopic (exact) mass is 292 g/mol. The van der Waals surface area contributed by atoms with E-state index >= 15 is 0 Å². The van der Waals surface area contributed by atoms with Crippen LogP contribution < -0.4 is 0 Å². The maximum atomic E-state index is 12.0. The third-order valence-corrected chi connectivity index (χ3v) is 3.60. The smallest absolute Gasteiger partial charge is 0.339 e. The number of alkyl halides is 1. The quantitative estimate of drug-likeness (QED) is 0.283. The highest BCUT2D eigenvalue weighted by Gasteiger charge is 2.50. The van der Waals surface area contributed by atoms with Gasteiger partial charge < -0.3 is 9.47 Å². The molecule has 0 aliphatic heterocycles. The van der Waals surface area contributed by atoms with Gasteiger partial charge >= 0.3 is 11.9 Å². The van der Waals surface area contributed by atoms with Crippen LogP contribution in [-0.4, -0.2) is 30.0 Å². The van der Waals surface area contributed by atoms with Crippen LogP contribution in [0.1, 0.15) is 53.4 Å². The Morgan fingerprint density at radius 2 is 1.37 bits per heavy atom. The summed E-state index contributed by atoms with van der Waals surface area (Å²) in [7, 11) is 0.